The van der Waals surface area contributed by atoms with Crippen LogP contribution in [0.1, 0.15) is 13.8 Å². The molecule has 6 heteroatoms. The third kappa shape index (κ3) is 6.22. The maximum atomic E-state index is 11.5. The molecule has 19 heavy (non-hydrogen) atoms. The molecule has 5 nitrogen and oxygen atoms in total. The molecule has 1 aromatic rings. The fraction of sp³-hybridized carbons (Fsp3) is 0.385. The topological polar surface area (TPSA) is 70.2 Å². The van der Waals surface area contributed by atoms with Crippen molar-refractivity contribution in [2.24, 2.45) is 5.92 Å². The maximum Gasteiger partial charge on any atom is 0.238 e. The Hall–Kier alpha value is -1.59. The van der Waals surface area contributed by atoms with Crippen molar-refractivity contribution >= 4 is 35.6 Å². The fourth-order valence-corrected chi connectivity index (χ4v) is 1.29. The number of anilines is 2. The highest BCUT2D eigenvalue weighted by Crippen LogP contribution is 2.14. The summed E-state index contributed by atoms with van der Waals surface area (Å²) in [6.45, 7) is 3.94. The first-order chi connectivity index (χ1) is 8.52. The molecule has 106 valence electrons. The fourth-order valence-electron chi connectivity index (χ4n) is 1.29. The number of carbonyl (C=O) groups is 2. The zero-order valence-electron chi connectivity index (χ0n) is 11.3. The lowest BCUT2D eigenvalue weighted by Gasteiger charge is -2.09. The highest BCUT2D eigenvalue weighted by Gasteiger charge is 2.07. The second kappa shape index (κ2) is 8.50. The first kappa shape index (κ1) is 17.4. The summed E-state index contributed by atoms with van der Waals surface area (Å²) >= 11 is 0. The van der Waals surface area contributed by atoms with Gasteiger partial charge in [-0.25, -0.2) is 0 Å². The molecule has 0 bridgehead atoms. The molecule has 0 unspecified atom stereocenters. The second-order valence-electron chi connectivity index (χ2n) is 4.30. The van der Waals surface area contributed by atoms with Crippen molar-refractivity contribution in [2.45, 2.75) is 13.8 Å². The number of benzene rings is 1. The number of rotatable bonds is 5. The molecule has 0 aromatic heterocycles. The lowest BCUT2D eigenvalue weighted by molar-refractivity contribution is -0.119. The van der Waals surface area contributed by atoms with Gasteiger partial charge in [-0.1, -0.05) is 13.8 Å². The minimum absolute atomic E-state index is 0. The highest BCUT2D eigenvalue weighted by molar-refractivity contribution is 5.94. The van der Waals surface area contributed by atoms with Crippen LogP contribution in [0.25, 0.3) is 0 Å². The zero-order valence-corrected chi connectivity index (χ0v) is 12.1. The van der Waals surface area contributed by atoms with E-state index in [2.05, 4.69) is 16.0 Å². The standard InChI is InChI=1S/C13H19N3O2.ClH/c1-9(2)13(18)16-11-6-4-10(5-7-11)15-12(17)8-14-3;/h4-7,9,14H,8H2,1-3H3,(H,15,17)(H,16,18);1H. The number of hydrogen-bond acceptors (Lipinski definition) is 3. The van der Waals surface area contributed by atoms with Gasteiger partial charge in [0.2, 0.25) is 11.8 Å². The molecule has 3 N–H and O–H groups in total. The minimum atomic E-state index is -0.100. The third-order valence-electron chi connectivity index (χ3n) is 2.30. The van der Waals surface area contributed by atoms with Crippen LogP contribution in [0.15, 0.2) is 24.3 Å². The number of amides is 2. The molecule has 0 spiro atoms. The average molecular weight is 286 g/mol. The molecule has 0 atom stereocenters. The summed E-state index contributed by atoms with van der Waals surface area (Å²) in [6, 6.07) is 7.03. The molecule has 2 amide bonds. The van der Waals surface area contributed by atoms with E-state index in [0.29, 0.717) is 5.69 Å². The molecule has 0 fully saturated rings. The highest BCUT2D eigenvalue weighted by atomic mass is 35.5. The van der Waals surface area contributed by atoms with Gasteiger partial charge < -0.3 is 16.0 Å². The van der Waals surface area contributed by atoms with Gasteiger partial charge in [0.1, 0.15) is 0 Å². The van der Waals surface area contributed by atoms with E-state index < -0.39 is 0 Å². The Balaban J connectivity index is 0.00000324. The Kier molecular flexibility index (Phi) is 7.79. The zero-order chi connectivity index (χ0) is 13.5. The van der Waals surface area contributed by atoms with E-state index in [1.807, 2.05) is 13.8 Å². The van der Waals surface area contributed by atoms with Crippen LogP contribution in [-0.2, 0) is 9.59 Å². The van der Waals surface area contributed by atoms with Gasteiger partial charge in [-0.15, -0.1) is 12.4 Å². The number of likely N-dealkylation sites (N-methyl/N-ethyl adjacent to an activating group) is 1. The molecule has 0 radical (unpaired) electrons. The Labute approximate surface area is 119 Å². The molecule has 0 aliphatic heterocycles. The summed E-state index contributed by atoms with van der Waals surface area (Å²) in [7, 11) is 1.71. The lowest BCUT2D eigenvalue weighted by atomic mass is 10.2. The normalized spacial score (nSPS) is 9.68. The van der Waals surface area contributed by atoms with Crippen LogP contribution in [0.4, 0.5) is 11.4 Å². The third-order valence-corrected chi connectivity index (χ3v) is 2.30. The summed E-state index contributed by atoms with van der Waals surface area (Å²) in [5, 5.41) is 8.28. The van der Waals surface area contributed by atoms with E-state index in [4.69, 9.17) is 0 Å². The molecule has 0 aliphatic carbocycles. The predicted octanol–water partition coefficient (Wildman–Crippen LogP) is 1.86. The molecule has 0 heterocycles. The number of carbonyl (C=O) groups excluding carboxylic acids is 2. The van der Waals surface area contributed by atoms with Crippen molar-refractivity contribution in [2.75, 3.05) is 24.2 Å². The molecular formula is C13H20ClN3O2. The van der Waals surface area contributed by atoms with E-state index in [9.17, 15) is 9.59 Å². The summed E-state index contributed by atoms with van der Waals surface area (Å²) in [6.07, 6.45) is 0. The van der Waals surface area contributed by atoms with E-state index in [1.54, 1.807) is 31.3 Å². The van der Waals surface area contributed by atoms with Gasteiger partial charge >= 0.3 is 0 Å². The second-order valence-corrected chi connectivity index (χ2v) is 4.30. The first-order valence-electron chi connectivity index (χ1n) is 5.88. The van der Waals surface area contributed by atoms with E-state index in [-0.39, 0.29) is 36.7 Å². The van der Waals surface area contributed by atoms with Gasteiger partial charge in [-0.05, 0) is 31.3 Å². The summed E-state index contributed by atoms with van der Waals surface area (Å²) in [5.74, 6) is -0.182. The van der Waals surface area contributed by atoms with Crippen molar-refractivity contribution in [3.8, 4) is 0 Å². The van der Waals surface area contributed by atoms with Gasteiger partial charge in [0.15, 0.2) is 0 Å². The predicted molar refractivity (Wildman–Crippen MR) is 79.7 cm³/mol. The molecule has 0 aliphatic rings. The Morgan fingerprint density at radius 1 is 1.05 bits per heavy atom. The Bertz CT molecular complexity index is 418. The lowest BCUT2D eigenvalue weighted by Crippen LogP contribution is -2.25. The quantitative estimate of drug-likeness (QED) is 0.773. The van der Waals surface area contributed by atoms with Crippen molar-refractivity contribution in [1.29, 1.82) is 0 Å². The van der Waals surface area contributed by atoms with Crippen LogP contribution in [0.5, 0.6) is 0 Å². The number of nitrogens with one attached hydrogen (secondary N) is 3. The molecular weight excluding hydrogens is 266 g/mol. The van der Waals surface area contributed by atoms with Gasteiger partial charge in [-0.2, -0.15) is 0 Å². The van der Waals surface area contributed by atoms with Crippen molar-refractivity contribution in [3.05, 3.63) is 24.3 Å². The summed E-state index contributed by atoms with van der Waals surface area (Å²) < 4.78 is 0. The largest absolute Gasteiger partial charge is 0.326 e. The Morgan fingerprint density at radius 2 is 1.53 bits per heavy atom. The minimum Gasteiger partial charge on any atom is -0.326 e. The van der Waals surface area contributed by atoms with Crippen molar-refractivity contribution in [3.63, 3.8) is 0 Å². The SMILES string of the molecule is CNCC(=O)Nc1ccc(NC(=O)C(C)C)cc1.Cl. The van der Waals surface area contributed by atoms with Crippen molar-refractivity contribution < 1.29 is 9.59 Å². The first-order valence-corrected chi connectivity index (χ1v) is 5.88. The van der Waals surface area contributed by atoms with Gasteiger partial charge in [0.05, 0.1) is 6.54 Å². The molecule has 0 saturated carbocycles. The molecule has 1 rings (SSSR count). The van der Waals surface area contributed by atoms with E-state index in [0.717, 1.165) is 5.69 Å². The monoisotopic (exact) mass is 285 g/mol. The van der Waals surface area contributed by atoms with Crippen molar-refractivity contribution in [1.82, 2.24) is 5.32 Å². The smallest absolute Gasteiger partial charge is 0.238 e. The molecule has 1 aromatic carbocycles. The van der Waals surface area contributed by atoms with Crippen LogP contribution >= 0.6 is 12.4 Å². The average Bonchev–Trinajstić information content (AvgIpc) is 2.31. The summed E-state index contributed by atoms with van der Waals surface area (Å²) in [4.78, 5) is 22.8. The Morgan fingerprint density at radius 3 is 1.95 bits per heavy atom. The van der Waals surface area contributed by atoms with Crippen LogP contribution in [0.3, 0.4) is 0 Å². The summed E-state index contributed by atoms with van der Waals surface area (Å²) in [5.41, 5.74) is 1.43. The van der Waals surface area contributed by atoms with Gasteiger partial charge in [0.25, 0.3) is 0 Å². The van der Waals surface area contributed by atoms with Gasteiger partial charge in [0, 0.05) is 17.3 Å². The van der Waals surface area contributed by atoms with E-state index in [1.165, 1.54) is 0 Å². The van der Waals surface area contributed by atoms with Crippen LogP contribution in [-0.4, -0.2) is 25.4 Å². The number of hydrogen-bond donors (Lipinski definition) is 3. The molecule has 0 saturated heterocycles. The van der Waals surface area contributed by atoms with Gasteiger partial charge in [-0.3, -0.25) is 9.59 Å². The maximum absolute atomic E-state index is 11.5. The van der Waals surface area contributed by atoms with E-state index >= 15 is 0 Å². The van der Waals surface area contributed by atoms with Crippen LogP contribution < -0.4 is 16.0 Å². The van der Waals surface area contributed by atoms with Crippen LogP contribution in [0, 0.1) is 5.92 Å². The number of halogens is 1. The van der Waals surface area contributed by atoms with Crippen LogP contribution in [0.2, 0.25) is 0 Å².